The number of carbonyl (C=O) groups excluding carboxylic acids is 1. The molecule has 0 heterocycles. The molecular weight excluding hydrogens is 282 g/mol. The number of phenolic OH excluding ortho intramolecular Hbond substituents is 1. The van der Waals surface area contributed by atoms with E-state index in [0.29, 0.717) is 22.9 Å². The van der Waals surface area contributed by atoms with E-state index in [9.17, 15) is 9.90 Å². The zero-order valence-electron chi connectivity index (χ0n) is 9.74. The van der Waals surface area contributed by atoms with E-state index in [1.807, 2.05) is 6.92 Å². The van der Waals surface area contributed by atoms with Crippen LogP contribution >= 0.6 is 15.9 Å². The van der Waals surface area contributed by atoms with Gasteiger partial charge in [-0.2, -0.15) is 0 Å². The molecule has 0 aromatic heterocycles. The summed E-state index contributed by atoms with van der Waals surface area (Å²) in [5.74, 6) is 0.517. The Morgan fingerprint density at radius 2 is 2.29 bits per heavy atom. The molecule has 92 valence electrons. The van der Waals surface area contributed by atoms with Gasteiger partial charge in [-0.05, 0) is 37.8 Å². The minimum atomic E-state index is -0.212. The zero-order chi connectivity index (χ0) is 12.4. The van der Waals surface area contributed by atoms with Crippen molar-refractivity contribution in [2.45, 2.75) is 24.6 Å². The van der Waals surface area contributed by atoms with E-state index in [4.69, 9.17) is 0 Å². The highest BCUT2D eigenvalue weighted by Gasteiger charge is 2.29. The maximum Gasteiger partial charge on any atom is 0.255 e. The lowest BCUT2D eigenvalue weighted by atomic mass is 10.1. The first-order valence-corrected chi connectivity index (χ1v) is 6.71. The lowest BCUT2D eigenvalue weighted by molar-refractivity contribution is 0.0950. The number of hydrogen-bond donors (Lipinski definition) is 2. The third-order valence-electron chi connectivity index (χ3n) is 2.99. The molecule has 2 rings (SSSR count). The van der Waals surface area contributed by atoms with Crippen LogP contribution in [0.25, 0.3) is 0 Å². The largest absolute Gasteiger partial charge is 0.507 e. The van der Waals surface area contributed by atoms with Crippen LogP contribution in [0.4, 0.5) is 0 Å². The summed E-state index contributed by atoms with van der Waals surface area (Å²) >= 11 is 3.56. The smallest absolute Gasteiger partial charge is 0.255 e. The standard InChI is InChI=1S/C13H16BrNO2/c1-8-2-5-12(16)10(6-8)13(17)15-7-11(14)9-3-4-9/h2,5-6,9,11,16H,3-4,7H2,1H3,(H,15,17). The molecule has 1 aliphatic rings. The van der Waals surface area contributed by atoms with Gasteiger partial charge in [0.25, 0.3) is 5.91 Å². The van der Waals surface area contributed by atoms with Crippen LogP contribution in [0.1, 0.15) is 28.8 Å². The molecule has 1 unspecified atom stereocenters. The van der Waals surface area contributed by atoms with E-state index < -0.39 is 0 Å². The number of aryl methyl sites for hydroxylation is 1. The van der Waals surface area contributed by atoms with Crippen molar-refractivity contribution in [2.75, 3.05) is 6.54 Å². The third-order valence-corrected chi connectivity index (χ3v) is 4.06. The van der Waals surface area contributed by atoms with Gasteiger partial charge in [-0.1, -0.05) is 27.6 Å². The first-order valence-electron chi connectivity index (χ1n) is 5.80. The average Bonchev–Trinajstić information content (AvgIpc) is 3.12. The normalized spacial score (nSPS) is 16.6. The Morgan fingerprint density at radius 3 is 2.94 bits per heavy atom. The minimum Gasteiger partial charge on any atom is -0.507 e. The zero-order valence-corrected chi connectivity index (χ0v) is 11.3. The highest BCUT2D eigenvalue weighted by Crippen LogP contribution is 2.36. The van der Waals surface area contributed by atoms with E-state index in [-0.39, 0.29) is 11.7 Å². The van der Waals surface area contributed by atoms with Gasteiger partial charge in [0.2, 0.25) is 0 Å². The number of aromatic hydroxyl groups is 1. The molecule has 0 aliphatic heterocycles. The van der Waals surface area contributed by atoms with Crippen LogP contribution in [-0.4, -0.2) is 22.4 Å². The molecule has 3 nitrogen and oxygen atoms in total. The molecule has 2 N–H and O–H groups in total. The number of hydrogen-bond acceptors (Lipinski definition) is 2. The fourth-order valence-electron chi connectivity index (χ4n) is 1.74. The summed E-state index contributed by atoms with van der Waals surface area (Å²) in [6.45, 7) is 2.50. The van der Waals surface area contributed by atoms with Gasteiger partial charge in [-0.15, -0.1) is 0 Å². The minimum absolute atomic E-state index is 0.0330. The predicted molar refractivity (Wildman–Crippen MR) is 70.6 cm³/mol. The average molecular weight is 298 g/mol. The second-order valence-electron chi connectivity index (χ2n) is 4.58. The number of benzene rings is 1. The molecule has 1 fully saturated rings. The highest BCUT2D eigenvalue weighted by molar-refractivity contribution is 9.09. The maximum atomic E-state index is 11.9. The van der Waals surface area contributed by atoms with E-state index >= 15 is 0 Å². The van der Waals surface area contributed by atoms with Crippen LogP contribution in [0, 0.1) is 12.8 Å². The molecule has 4 heteroatoms. The van der Waals surface area contributed by atoms with Crippen molar-refractivity contribution in [1.82, 2.24) is 5.32 Å². The van der Waals surface area contributed by atoms with Crippen LogP contribution in [0.2, 0.25) is 0 Å². The van der Waals surface area contributed by atoms with Crippen LogP contribution in [0.3, 0.4) is 0 Å². The number of phenols is 1. The molecule has 1 aromatic carbocycles. The van der Waals surface area contributed by atoms with Crippen molar-refractivity contribution in [3.63, 3.8) is 0 Å². The van der Waals surface area contributed by atoms with Crippen molar-refractivity contribution in [3.8, 4) is 5.75 Å². The topological polar surface area (TPSA) is 49.3 Å². The second kappa shape index (κ2) is 5.08. The van der Waals surface area contributed by atoms with Gasteiger partial charge in [0, 0.05) is 11.4 Å². The van der Waals surface area contributed by atoms with Crippen molar-refractivity contribution in [1.29, 1.82) is 0 Å². The summed E-state index contributed by atoms with van der Waals surface area (Å²) in [4.78, 5) is 12.2. The van der Waals surface area contributed by atoms with Gasteiger partial charge < -0.3 is 10.4 Å². The number of rotatable bonds is 4. The van der Waals surface area contributed by atoms with Gasteiger partial charge in [0.05, 0.1) is 5.56 Å². The lowest BCUT2D eigenvalue weighted by Gasteiger charge is -2.11. The number of amides is 1. The van der Waals surface area contributed by atoms with E-state index in [0.717, 1.165) is 5.56 Å². The van der Waals surface area contributed by atoms with Crippen LogP contribution in [-0.2, 0) is 0 Å². The number of carbonyl (C=O) groups is 1. The molecule has 1 aromatic rings. The molecule has 1 aliphatic carbocycles. The number of nitrogens with one attached hydrogen (secondary N) is 1. The molecule has 1 saturated carbocycles. The summed E-state index contributed by atoms with van der Waals surface area (Å²) in [5.41, 5.74) is 1.31. The monoisotopic (exact) mass is 297 g/mol. The SMILES string of the molecule is Cc1ccc(O)c(C(=O)NCC(Br)C2CC2)c1. The first-order chi connectivity index (χ1) is 8.08. The molecule has 0 spiro atoms. The maximum absolute atomic E-state index is 11.9. The van der Waals surface area contributed by atoms with Gasteiger partial charge in [-0.25, -0.2) is 0 Å². The number of alkyl halides is 1. The Kier molecular flexibility index (Phi) is 3.72. The predicted octanol–water partition coefficient (Wildman–Crippen LogP) is 2.60. The van der Waals surface area contributed by atoms with Gasteiger partial charge in [0.1, 0.15) is 5.75 Å². The summed E-state index contributed by atoms with van der Waals surface area (Å²) in [6, 6.07) is 5.03. The second-order valence-corrected chi connectivity index (χ2v) is 5.76. The fraction of sp³-hybridized carbons (Fsp3) is 0.462. The number of halogens is 1. The Labute approximate surface area is 109 Å². The first kappa shape index (κ1) is 12.4. The van der Waals surface area contributed by atoms with Crippen molar-refractivity contribution >= 4 is 21.8 Å². The third kappa shape index (κ3) is 3.22. The highest BCUT2D eigenvalue weighted by atomic mass is 79.9. The van der Waals surface area contributed by atoms with Crippen molar-refractivity contribution in [2.24, 2.45) is 5.92 Å². The molecule has 0 bridgehead atoms. The Morgan fingerprint density at radius 1 is 1.59 bits per heavy atom. The molecule has 1 amide bonds. The Hall–Kier alpha value is -1.03. The summed E-state index contributed by atoms with van der Waals surface area (Å²) in [5, 5.41) is 12.5. The van der Waals surface area contributed by atoms with Crippen LogP contribution in [0.5, 0.6) is 5.75 Å². The van der Waals surface area contributed by atoms with E-state index in [1.165, 1.54) is 12.8 Å². The molecule has 0 saturated heterocycles. The molecule has 0 radical (unpaired) electrons. The summed E-state index contributed by atoms with van der Waals surface area (Å²) in [6.07, 6.45) is 2.48. The van der Waals surface area contributed by atoms with E-state index in [2.05, 4.69) is 21.2 Å². The fourth-order valence-corrected chi connectivity index (χ4v) is 2.43. The molecular formula is C13H16BrNO2. The Bertz CT molecular complexity index is 429. The summed E-state index contributed by atoms with van der Waals surface area (Å²) in [7, 11) is 0. The quantitative estimate of drug-likeness (QED) is 0.839. The van der Waals surface area contributed by atoms with Crippen molar-refractivity contribution in [3.05, 3.63) is 29.3 Å². The lowest BCUT2D eigenvalue weighted by Crippen LogP contribution is -2.30. The van der Waals surface area contributed by atoms with Crippen molar-refractivity contribution < 1.29 is 9.90 Å². The summed E-state index contributed by atoms with van der Waals surface area (Å²) < 4.78 is 0. The van der Waals surface area contributed by atoms with Crippen LogP contribution in [0.15, 0.2) is 18.2 Å². The van der Waals surface area contributed by atoms with Gasteiger partial charge in [-0.3, -0.25) is 4.79 Å². The van der Waals surface area contributed by atoms with Gasteiger partial charge >= 0.3 is 0 Å². The Balaban J connectivity index is 1.96. The molecule has 17 heavy (non-hydrogen) atoms. The van der Waals surface area contributed by atoms with Gasteiger partial charge in [0.15, 0.2) is 0 Å². The molecule has 1 atom stereocenters. The van der Waals surface area contributed by atoms with Crippen LogP contribution < -0.4 is 5.32 Å². The van der Waals surface area contributed by atoms with E-state index in [1.54, 1.807) is 18.2 Å².